The molecule has 1 atom stereocenters. The van der Waals surface area contributed by atoms with Crippen LogP contribution in [-0.4, -0.2) is 47.0 Å². The van der Waals surface area contributed by atoms with Gasteiger partial charge in [0, 0.05) is 25.3 Å². The molecule has 4 rings (SSSR count). The Morgan fingerprint density at radius 3 is 3.04 bits per heavy atom. The number of oxazole rings is 1. The summed E-state index contributed by atoms with van der Waals surface area (Å²) < 4.78 is 11.0. The number of carbonyl (C=O) groups excluding carboxylic acids is 1. The summed E-state index contributed by atoms with van der Waals surface area (Å²) in [7, 11) is 1.52. The van der Waals surface area contributed by atoms with Crippen LogP contribution in [0.4, 0.5) is 6.01 Å². The lowest BCUT2D eigenvalue weighted by Gasteiger charge is -2.17. The molecule has 1 saturated heterocycles. The zero-order chi connectivity index (χ0) is 18.1. The van der Waals surface area contributed by atoms with Crippen molar-refractivity contribution in [1.29, 1.82) is 0 Å². The third-order valence-electron chi connectivity index (χ3n) is 4.61. The average Bonchev–Trinajstić information content (AvgIpc) is 3.29. The number of fused-ring (bicyclic) bond motifs is 1. The zero-order valence-electron chi connectivity index (χ0n) is 14.7. The van der Waals surface area contributed by atoms with Gasteiger partial charge in [-0.05, 0) is 37.1 Å². The highest BCUT2D eigenvalue weighted by molar-refractivity contribution is 5.96. The number of rotatable bonds is 4. The van der Waals surface area contributed by atoms with E-state index in [1.807, 2.05) is 25.1 Å². The molecule has 0 bridgehead atoms. The van der Waals surface area contributed by atoms with Gasteiger partial charge in [-0.2, -0.15) is 4.98 Å². The van der Waals surface area contributed by atoms with Crippen LogP contribution in [0.2, 0.25) is 0 Å². The molecule has 0 spiro atoms. The van der Waals surface area contributed by atoms with Gasteiger partial charge in [0.15, 0.2) is 5.58 Å². The molecule has 3 heterocycles. The second-order valence-corrected chi connectivity index (χ2v) is 6.38. The highest BCUT2D eigenvalue weighted by Crippen LogP contribution is 2.25. The highest BCUT2D eigenvalue weighted by Gasteiger charge is 2.29. The van der Waals surface area contributed by atoms with E-state index in [1.165, 1.54) is 7.11 Å². The molecule has 0 saturated carbocycles. The van der Waals surface area contributed by atoms with E-state index in [2.05, 4.69) is 15.3 Å². The number of pyridine rings is 1. The SMILES string of the molecule is COc1ncccc1C(=O)N1CC[C@@H](Nc2nc3cccc(C)c3o2)C1. The number of hydrogen-bond acceptors (Lipinski definition) is 6. The number of nitrogens with one attached hydrogen (secondary N) is 1. The molecule has 7 heteroatoms. The van der Waals surface area contributed by atoms with Crippen LogP contribution in [0.15, 0.2) is 40.9 Å². The number of para-hydroxylation sites is 1. The maximum absolute atomic E-state index is 12.7. The summed E-state index contributed by atoms with van der Waals surface area (Å²) in [6.45, 7) is 3.23. The van der Waals surface area contributed by atoms with Crippen molar-refractivity contribution in [3.8, 4) is 5.88 Å². The molecular formula is C19H20N4O3. The smallest absolute Gasteiger partial charge is 0.295 e. The second kappa shape index (κ2) is 6.67. The van der Waals surface area contributed by atoms with Gasteiger partial charge in [0.1, 0.15) is 11.1 Å². The van der Waals surface area contributed by atoms with Crippen molar-refractivity contribution in [3.05, 3.63) is 47.7 Å². The highest BCUT2D eigenvalue weighted by atomic mass is 16.5. The van der Waals surface area contributed by atoms with E-state index >= 15 is 0 Å². The third-order valence-corrected chi connectivity index (χ3v) is 4.61. The number of methoxy groups -OCH3 is 1. The molecule has 0 radical (unpaired) electrons. The minimum Gasteiger partial charge on any atom is -0.480 e. The number of ether oxygens (including phenoxy) is 1. The Labute approximate surface area is 151 Å². The van der Waals surface area contributed by atoms with E-state index in [-0.39, 0.29) is 11.9 Å². The Kier molecular flexibility index (Phi) is 4.20. The van der Waals surface area contributed by atoms with E-state index in [1.54, 1.807) is 23.2 Å². The predicted molar refractivity (Wildman–Crippen MR) is 97.5 cm³/mol. The number of nitrogens with zero attached hydrogens (tertiary/aromatic N) is 3. The fraction of sp³-hybridized carbons (Fsp3) is 0.316. The quantitative estimate of drug-likeness (QED) is 0.778. The summed E-state index contributed by atoms with van der Waals surface area (Å²) in [4.78, 5) is 23.1. The zero-order valence-corrected chi connectivity index (χ0v) is 14.7. The third kappa shape index (κ3) is 2.96. The first-order chi connectivity index (χ1) is 12.7. The molecule has 1 N–H and O–H groups in total. The lowest BCUT2D eigenvalue weighted by molar-refractivity contribution is 0.0787. The van der Waals surface area contributed by atoms with Crippen molar-refractivity contribution >= 4 is 23.0 Å². The average molecular weight is 352 g/mol. The topological polar surface area (TPSA) is 80.5 Å². The van der Waals surface area contributed by atoms with Crippen LogP contribution in [0.1, 0.15) is 22.3 Å². The Hall–Kier alpha value is -3.09. The summed E-state index contributed by atoms with van der Waals surface area (Å²) in [5.41, 5.74) is 3.16. The van der Waals surface area contributed by atoms with Gasteiger partial charge < -0.3 is 19.4 Å². The van der Waals surface area contributed by atoms with Gasteiger partial charge in [-0.1, -0.05) is 12.1 Å². The molecule has 1 fully saturated rings. The van der Waals surface area contributed by atoms with E-state index in [0.717, 1.165) is 23.1 Å². The van der Waals surface area contributed by atoms with Gasteiger partial charge in [-0.25, -0.2) is 4.98 Å². The van der Waals surface area contributed by atoms with Crippen LogP contribution < -0.4 is 10.1 Å². The number of benzene rings is 1. The maximum atomic E-state index is 12.7. The molecule has 1 aliphatic rings. The molecule has 0 unspecified atom stereocenters. The van der Waals surface area contributed by atoms with E-state index in [0.29, 0.717) is 30.5 Å². The van der Waals surface area contributed by atoms with E-state index in [4.69, 9.17) is 9.15 Å². The Morgan fingerprint density at radius 1 is 1.35 bits per heavy atom. The largest absolute Gasteiger partial charge is 0.480 e. The van der Waals surface area contributed by atoms with Crippen molar-refractivity contribution in [2.75, 3.05) is 25.5 Å². The summed E-state index contributed by atoms with van der Waals surface area (Å²) in [6, 6.07) is 9.94. The maximum Gasteiger partial charge on any atom is 0.295 e. The number of likely N-dealkylation sites (tertiary alicyclic amines) is 1. The minimum atomic E-state index is -0.0762. The van der Waals surface area contributed by atoms with E-state index in [9.17, 15) is 4.79 Å². The summed E-state index contributed by atoms with van der Waals surface area (Å²) in [6.07, 6.45) is 2.44. The van der Waals surface area contributed by atoms with Crippen LogP contribution in [0, 0.1) is 6.92 Å². The number of carbonyl (C=O) groups is 1. The van der Waals surface area contributed by atoms with Gasteiger partial charge in [0.25, 0.3) is 11.9 Å². The first-order valence-corrected chi connectivity index (χ1v) is 8.56. The molecule has 1 amide bonds. The fourth-order valence-corrected chi connectivity index (χ4v) is 3.27. The molecular weight excluding hydrogens is 332 g/mol. The normalized spacial score (nSPS) is 16.8. The Bertz CT molecular complexity index is 953. The second-order valence-electron chi connectivity index (χ2n) is 6.38. The lowest BCUT2D eigenvalue weighted by Crippen LogP contribution is -2.32. The first kappa shape index (κ1) is 16.4. The van der Waals surface area contributed by atoms with Crippen molar-refractivity contribution in [2.45, 2.75) is 19.4 Å². The van der Waals surface area contributed by atoms with Crippen molar-refractivity contribution in [2.24, 2.45) is 0 Å². The van der Waals surface area contributed by atoms with Gasteiger partial charge in [-0.3, -0.25) is 4.79 Å². The van der Waals surface area contributed by atoms with Crippen LogP contribution in [0.3, 0.4) is 0 Å². The molecule has 134 valence electrons. The van der Waals surface area contributed by atoms with Crippen LogP contribution in [-0.2, 0) is 0 Å². The van der Waals surface area contributed by atoms with E-state index < -0.39 is 0 Å². The van der Waals surface area contributed by atoms with Crippen LogP contribution >= 0.6 is 0 Å². The minimum absolute atomic E-state index is 0.0762. The van der Waals surface area contributed by atoms with Gasteiger partial charge in [0.2, 0.25) is 5.88 Å². The molecule has 7 nitrogen and oxygen atoms in total. The lowest BCUT2D eigenvalue weighted by atomic mass is 10.2. The molecule has 3 aromatic rings. The number of aryl methyl sites for hydroxylation is 1. The first-order valence-electron chi connectivity index (χ1n) is 8.56. The van der Waals surface area contributed by atoms with Crippen molar-refractivity contribution < 1.29 is 13.9 Å². The Balaban J connectivity index is 1.46. The van der Waals surface area contributed by atoms with Gasteiger partial charge in [-0.15, -0.1) is 0 Å². The van der Waals surface area contributed by atoms with Crippen LogP contribution in [0.5, 0.6) is 5.88 Å². The summed E-state index contributed by atoms with van der Waals surface area (Å²) >= 11 is 0. The number of anilines is 1. The molecule has 1 aromatic carbocycles. The Morgan fingerprint density at radius 2 is 2.23 bits per heavy atom. The number of hydrogen-bond donors (Lipinski definition) is 1. The fourth-order valence-electron chi connectivity index (χ4n) is 3.27. The van der Waals surface area contributed by atoms with Crippen LogP contribution in [0.25, 0.3) is 11.1 Å². The monoisotopic (exact) mass is 352 g/mol. The molecule has 26 heavy (non-hydrogen) atoms. The number of amides is 1. The molecule has 1 aliphatic heterocycles. The van der Waals surface area contributed by atoms with Crippen molar-refractivity contribution in [1.82, 2.24) is 14.9 Å². The molecule has 0 aliphatic carbocycles. The summed E-state index contributed by atoms with van der Waals surface area (Å²) in [5.74, 6) is 0.274. The predicted octanol–water partition coefficient (Wildman–Crippen LogP) is 2.87. The molecule has 2 aromatic heterocycles. The van der Waals surface area contributed by atoms with Crippen molar-refractivity contribution in [3.63, 3.8) is 0 Å². The standard InChI is InChI=1S/C19H20N4O3/c1-12-5-3-7-15-16(12)26-19(22-15)21-13-8-10-23(11-13)18(24)14-6-4-9-20-17(14)25-2/h3-7,9,13H,8,10-11H2,1-2H3,(H,21,22)/t13-/m1/s1. The van der Waals surface area contributed by atoms with Gasteiger partial charge in [0.05, 0.1) is 7.11 Å². The summed E-state index contributed by atoms with van der Waals surface area (Å²) in [5, 5.41) is 3.30. The number of aromatic nitrogens is 2. The van der Waals surface area contributed by atoms with Gasteiger partial charge >= 0.3 is 0 Å².